The van der Waals surface area contributed by atoms with Crippen molar-refractivity contribution >= 4 is 12.4 Å². The number of carbonyl (C=O) groups excluding carboxylic acids is 2. The van der Waals surface area contributed by atoms with Crippen molar-refractivity contribution in [2.45, 2.75) is 19.8 Å². The molecule has 0 aliphatic carbocycles. The van der Waals surface area contributed by atoms with Gasteiger partial charge in [0.25, 0.3) is 0 Å². The number of methoxy groups -OCH3 is 1. The third-order valence-electron chi connectivity index (χ3n) is 3.52. The number of rotatable bonds is 2. The van der Waals surface area contributed by atoms with Crippen LogP contribution in [-0.4, -0.2) is 37.5 Å². The lowest BCUT2D eigenvalue weighted by atomic mass is 9.88. The van der Waals surface area contributed by atoms with Crippen LogP contribution in [0.25, 0.3) is 0 Å². The molecule has 4 nitrogen and oxygen atoms in total. The Morgan fingerprint density at radius 2 is 1.89 bits per heavy atom. The summed E-state index contributed by atoms with van der Waals surface area (Å²) in [4.78, 5) is 23.9. The largest absolute Gasteiger partial charge is 0.453 e. The van der Waals surface area contributed by atoms with E-state index in [1.54, 1.807) is 4.90 Å². The van der Waals surface area contributed by atoms with Crippen molar-refractivity contribution in [3.63, 3.8) is 0 Å². The van der Waals surface area contributed by atoms with Crippen molar-refractivity contribution in [1.82, 2.24) is 4.90 Å². The number of ether oxygens (including phenoxy) is 1. The van der Waals surface area contributed by atoms with Gasteiger partial charge in [0.15, 0.2) is 6.29 Å². The van der Waals surface area contributed by atoms with Crippen molar-refractivity contribution in [2.75, 3.05) is 20.2 Å². The number of aldehydes is 1. The number of hydrogen-bond acceptors (Lipinski definition) is 3. The molecule has 1 saturated heterocycles. The average molecular weight is 247 g/mol. The minimum absolute atomic E-state index is 0.274. The summed E-state index contributed by atoms with van der Waals surface area (Å²) in [5, 5.41) is 0. The predicted molar refractivity (Wildman–Crippen MR) is 68.0 cm³/mol. The molecule has 18 heavy (non-hydrogen) atoms. The Morgan fingerprint density at radius 3 is 2.33 bits per heavy atom. The first-order valence-electron chi connectivity index (χ1n) is 5.96. The van der Waals surface area contributed by atoms with E-state index >= 15 is 0 Å². The molecule has 1 amide bonds. The minimum Gasteiger partial charge on any atom is -0.453 e. The summed E-state index contributed by atoms with van der Waals surface area (Å²) in [7, 11) is 1.39. The van der Waals surface area contributed by atoms with Crippen molar-refractivity contribution in [3.8, 4) is 0 Å². The monoisotopic (exact) mass is 247 g/mol. The van der Waals surface area contributed by atoms with E-state index in [0.717, 1.165) is 23.0 Å². The molecule has 1 fully saturated rings. The second-order valence-electron chi connectivity index (χ2n) is 4.76. The maximum absolute atomic E-state index is 11.3. The highest BCUT2D eigenvalue weighted by Gasteiger charge is 2.32. The van der Waals surface area contributed by atoms with Gasteiger partial charge < -0.3 is 9.64 Å². The summed E-state index contributed by atoms with van der Waals surface area (Å²) in [6.07, 6.45) is 0.625. The van der Waals surface area contributed by atoms with E-state index < -0.39 is 0 Å². The molecule has 96 valence electrons. The highest BCUT2D eigenvalue weighted by Crippen LogP contribution is 2.29. The van der Waals surface area contributed by atoms with Gasteiger partial charge in [-0.15, -0.1) is 0 Å². The van der Waals surface area contributed by atoms with E-state index in [1.807, 2.05) is 26.0 Å². The molecule has 1 aliphatic heterocycles. The zero-order chi connectivity index (χ0) is 13.3. The van der Waals surface area contributed by atoms with Gasteiger partial charge >= 0.3 is 6.09 Å². The Bertz CT molecular complexity index is 467. The lowest BCUT2D eigenvalue weighted by Crippen LogP contribution is -2.48. The van der Waals surface area contributed by atoms with Crippen LogP contribution in [-0.2, 0) is 4.74 Å². The van der Waals surface area contributed by atoms with Crippen LogP contribution in [0.15, 0.2) is 12.1 Å². The summed E-state index contributed by atoms with van der Waals surface area (Å²) in [6, 6.07) is 4.08. The van der Waals surface area contributed by atoms with Gasteiger partial charge in [0, 0.05) is 24.6 Å². The van der Waals surface area contributed by atoms with Crippen LogP contribution in [0.5, 0.6) is 0 Å². The number of aryl methyl sites for hydroxylation is 2. The van der Waals surface area contributed by atoms with Gasteiger partial charge in [-0.2, -0.15) is 0 Å². The normalized spacial score (nSPS) is 15.2. The van der Waals surface area contributed by atoms with Gasteiger partial charge in [0.1, 0.15) is 0 Å². The van der Waals surface area contributed by atoms with Gasteiger partial charge in [-0.05, 0) is 30.5 Å². The Balaban J connectivity index is 2.13. The minimum atomic E-state index is -0.274. The van der Waals surface area contributed by atoms with E-state index in [-0.39, 0.29) is 6.09 Å². The van der Waals surface area contributed by atoms with E-state index in [0.29, 0.717) is 19.0 Å². The quantitative estimate of drug-likeness (QED) is 0.753. The highest BCUT2D eigenvalue weighted by atomic mass is 16.5. The van der Waals surface area contributed by atoms with Crippen LogP contribution in [0.3, 0.4) is 0 Å². The lowest BCUT2D eigenvalue weighted by Gasteiger charge is -2.38. The SMILES string of the molecule is COC(=O)N1CC(c2cc(C)c(C=O)c(C)c2)C1. The van der Waals surface area contributed by atoms with Crippen LogP contribution < -0.4 is 0 Å². The van der Waals surface area contributed by atoms with Gasteiger partial charge in [-0.3, -0.25) is 4.79 Å². The molecule has 1 aliphatic rings. The third-order valence-corrected chi connectivity index (χ3v) is 3.52. The molecular formula is C14H17NO3. The number of benzene rings is 1. The summed E-state index contributed by atoms with van der Waals surface area (Å²) < 4.78 is 4.66. The van der Waals surface area contributed by atoms with Crippen molar-refractivity contribution in [3.05, 3.63) is 34.4 Å². The van der Waals surface area contributed by atoms with Gasteiger partial charge in [-0.1, -0.05) is 12.1 Å². The average Bonchev–Trinajstić information content (AvgIpc) is 2.26. The van der Waals surface area contributed by atoms with E-state index in [4.69, 9.17) is 0 Å². The first kappa shape index (κ1) is 12.6. The zero-order valence-electron chi connectivity index (χ0n) is 10.9. The fourth-order valence-electron chi connectivity index (χ4n) is 2.40. The van der Waals surface area contributed by atoms with Gasteiger partial charge in [0.2, 0.25) is 0 Å². The second kappa shape index (κ2) is 4.80. The van der Waals surface area contributed by atoms with E-state index in [1.165, 1.54) is 12.7 Å². The summed E-state index contributed by atoms with van der Waals surface area (Å²) >= 11 is 0. The highest BCUT2D eigenvalue weighted by molar-refractivity contribution is 5.79. The Kier molecular flexibility index (Phi) is 3.36. The number of amides is 1. The fraction of sp³-hybridized carbons (Fsp3) is 0.429. The Labute approximate surface area is 107 Å². The number of hydrogen-bond donors (Lipinski definition) is 0. The topological polar surface area (TPSA) is 46.6 Å². The number of likely N-dealkylation sites (tertiary alicyclic amines) is 1. The van der Waals surface area contributed by atoms with Gasteiger partial charge in [0.05, 0.1) is 7.11 Å². The second-order valence-corrected chi connectivity index (χ2v) is 4.76. The first-order valence-corrected chi connectivity index (χ1v) is 5.96. The third kappa shape index (κ3) is 2.10. The Hall–Kier alpha value is -1.84. The molecule has 0 N–H and O–H groups in total. The lowest BCUT2D eigenvalue weighted by molar-refractivity contribution is 0.0880. The molecule has 0 bridgehead atoms. The maximum Gasteiger partial charge on any atom is 0.409 e. The first-order chi connectivity index (χ1) is 8.56. The fourth-order valence-corrected chi connectivity index (χ4v) is 2.40. The Morgan fingerprint density at radius 1 is 1.33 bits per heavy atom. The van der Waals surface area contributed by atoms with Crippen LogP contribution >= 0.6 is 0 Å². The number of carbonyl (C=O) groups is 2. The molecule has 0 spiro atoms. The molecule has 0 unspecified atom stereocenters. The molecule has 1 aromatic carbocycles. The number of nitrogens with zero attached hydrogens (tertiary/aromatic N) is 1. The standard InChI is InChI=1S/C14H17NO3/c1-9-4-11(5-10(2)13(9)8-16)12-6-15(7-12)14(17)18-3/h4-5,8,12H,6-7H2,1-3H3. The summed E-state index contributed by atoms with van der Waals surface area (Å²) in [5.41, 5.74) is 3.95. The van der Waals surface area contributed by atoms with Gasteiger partial charge in [-0.25, -0.2) is 4.79 Å². The maximum atomic E-state index is 11.3. The molecule has 0 atom stereocenters. The van der Waals surface area contributed by atoms with Crippen LogP contribution in [0, 0.1) is 13.8 Å². The zero-order valence-corrected chi connectivity index (χ0v) is 10.9. The van der Waals surface area contributed by atoms with Crippen molar-refractivity contribution in [1.29, 1.82) is 0 Å². The molecule has 4 heteroatoms. The molecule has 1 heterocycles. The van der Waals surface area contributed by atoms with Crippen molar-refractivity contribution in [2.24, 2.45) is 0 Å². The molecule has 0 saturated carbocycles. The molecule has 0 aromatic heterocycles. The van der Waals surface area contributed by atoms with E-state index in [9.17, 15) is 9.59 Å². The molecule has 1 aromatic rings. The summed E-state index contributed by atoms with van der Waals surface area (Å²) in [5.74, 6) is 0.349. The molecule has 2 rings (SSSR count). The van der Waals surface area contributed by atoms with Crippen LogP contribution in [0.2, 0.25) is 0 Å². The van der Waals surface area contributed by atoms with Crippen molar-refractivity contribution < 1.29 is 14.3 Å². The smallest absolute Gasteiger partial charge is 0.409 e. The summed E-state index contributed by atoms with van der Waals surface area (Å²) in [6.45, 7) is 5.26. The van der Waals surface area contributed by atoms with Crippen LogP contribution in [0.1, 0.15) is 33.0 Å². The molecule has 0 radical (unpaired) electrons. The van der Waals surface area contributed by atoms with Crippen LogP contribution in [0.4, 0.5) is 4.79 Å². The molecular weight excluding hydrogens is 230 g/mol. The predicted octanol–water partition coefficient (Wildman–Crippen LogP) is 2.28. The van der Waals surface area contributed by atoms with E-state index in [2.05, 4.69) is 4.74 Å².